The zero-order chi connectivity index (χ0) is 19.6. The third kappa shape index (κ3) is 3.45. The van der Waals surface area contributed by atoms with Crippen molar-refractivity contribution in [1.82, 2.24) is 4.98 Å². The van der Waals surface area contributed by atoms with Gasteiger partial charge in [-0.3, -0.25) is 4.79 Å². The van der Waals surface area contributed by atoms with Crippen LogP contribution in [-0.4, -0.2) is 4.98 Å². The number of hydrogen-bond donors (Lipinski definition) is 1. The quantitative estimate of drug-likeness (QED) is 0.761. The third-order valence-corrected chi connectivity index (χ3v) is 4.84. The summed E-state index contributed by atoms with van der Waals surface area (Å²) in [6, 6.07) is 15.8. The first-order valence-corrected chi connectivity index (χ1v) is 8.66. The van der Waals surface area contributed by atoms with E-state index in [0.29, 0.717) is 28.5 Å². The van der Waals surface area contributed by atoms with E-state index in [1.165, 1.54) is 6.07 Å². The van der Waals surface area contributed by atoms with Crippen LogP contribution in [0, 0.1) is 28.5 Å². The monoisotopic (exact) mass is 359 g/mol. The molecular formula is C22H18FN3O. The summed E-state index contributed by atoms with van der Waals surface area (Å²) in [5.74, 6) is -0.489. The lowest BCUT2D eigenvalue weighted by molar-refractivity contribution is 0.536. The predicted octanol–water partition coefficient (Wildman–Crippen LogP) is 4.13. The Labute approximate surface area is 156 Å². The molecule has 0 aliphatic carbocycles. The van der Waals surface area contributed by atoms with Crippen molar-refractivity contribution in [2.45, 2.75) is 32.1 Å². The van der Waals surface area contributed by atoms with Crippen LogP contribution in [0.1, 0.15) is 36.1 Å². The first-order chi connectivity index (χ1) is 12.9. The third-order valence-electron chi connectivity index (χ3n) is 4.84. The van der Waals surface area contributed by atoms with E-state index in [2.05, 4.69) is 17.1 Å². The number of benzene rings is 2. The number of nitrogens with one attached hydrogen (secondary N) is 1. The van der Waals surface area contributed by atoms with Gasteiger partial charge in [0, 0.05) is 22.0 Å². The van der Waals surface area contributed by atoms with Gasteiger partial charge in [-0.05, 0) is 55.7 Å². The van der Waals surface area contributed by atoms with Gasteiger partial charge in [0.05, 0.1) is 23.1 Å². The second-order valence-electron chi connectivity index (χ2n) is 6.83. The summed E-state index contributed by atoms with van der Waals surface area (Å²) in [7, 11) is 0. The summed E-state index contributed by atoms with van der Waals surface area (Å²) < 4.78 is 14.9. The number of H-pyrrole nitrogens is 1. The van der Waals surface area contributed by atoms with Crippen LogP contribution in [0.4, 0.5) is 4.39 Å². The van der Waals surface area contributed by atoms with Crippen LogP contribution in [0.15, 0.2) is 47.3 Å². The molecule has 1 heterocycles. The molecule has 0 spiro atoms. The van der Waals surface area contributed by atoms with Gasteiger partial charge >= 0.3 is 0 Å². The molecule has 0 saturated carbocycles. The maximum atomic E-state index is 14.9. The Bertz CT molecular complexity index is 1170. The molecule has 1 atom stereocenters. The Hall–Kier alpha value is -3.44. The van der Waals surface area contributed by atoms with E-state index in [0.717, 1.165) is 5.56 Å². The number of nitrogens with zero attached hydrogens (tertiary/aromatic N) is 2. The van der Waals surface area contributed by atoms with Crippen molar-refractivity contribution in [1.29, 1.82) is 10.5 Å². The highest BCUT2D eigenvalue weighted by atomic mass is 19.1. The standard InChI is InChI=1S/C22H18FN3O/c1-3-16-8-17-9-19(23)18(10-20(17)26-21(16)27)22(2,13-25)11-14-5-4-6-15(7-14)12-24/h4-10H,3,11H2,1-2H3,(H,26,27). The van der Waals surface area contributed by atoms with E-state index in [-0.39, 0.29) is 17.5 Å². The fraction of sp³-hybridized carbons (Fsp3) is 0.227. The van der Waals surface area contributed by atoms with Crippen molar-refractivity contribution < 1.29 is 4.39 Å². The van der Waals surface area contributed by atoms with E-state index >= 15 is 0 Å². The van der Waals surface area contributed by atoms with Gasteiger partial charge < -0.3 is 4.98 Å². The lowest BCUT2D eigenvalue weighted by Gasteiger charge is -2.23. The molecule has 4 nitrogen and oxygen atoms in total. The van der Waals surface area contributed by atoms with Gasteiger partial charge in [-0.1, -0.05) is 19.1 Å². The highest BCUT2D eigenvalue weighted by molar-refractivity contribution is 5.80. The molecule has 3 rings (SSSR count). The summed E-state index contributed by atoms with van der Waals surface area (Å²) in [4.78, 5) is 14.9. The number of halogens is 1. The smallest absolute Gasteiger partial charge is 0.251 e. The maximum Gasteiger partial charge on any atom is 0.251 e. The SMILES string of the molecule is CCc1cc2cc(F)c(C(C)(C#N)Cc3cccc(C#N)c3)cc2[nH]c1=O. The summed E-state index contributed by atoms with van der Waals surface area (Å²) in [6.07, 6.45) is 0.804. The first kappa shape index (κ1) is 18.4. The van der Waals surface area contributed by atoms with Gasteiger partial charge in [0.1, 0.15) is 5.82 Å². The molecule has 2 aromatic carbocycles. The molecule has 0 aliphatic heterocycles. The molecule has 5 heteroatoms. The van der Waals surface area contributed by atoms with E-state index < -0.39 is 11.2 Å². The molecule has 1 N–H and O–H groups in total. The zero-order valence-electron chi connectivity index (χ0n) is 15.1. The van der Waals surface area contributed by atoms with Crippen LogP contribution in [0.2, 0.25) is 0 Å². The van der Waals surface area contributed by atoms with Crippen LogP contribution in [-0.2, 0) is 18.3 Å². The average Bonchev–Trinajstić information content (AvgIpc) is 2.67. The van der Waals surface area contributed by atoms with Gasteiger partial charge in [-0.25, -0.2) is 4.39 Å². The molecule has 0 saturated heterocycles. The largest absolute Gasteiger partial charge is 0.322 e. The minimum atomic E-state index is -1.15. The van der Waals surface area contributed by atoms with Gasteiger partial charge in [0.25, 0.3) is 5.56 Å². The molecule has 0 aliphatic rings. The highest BCUT2D eigenvalue weighted by Gasteiger charge is 2.30. The van der Waals surface area contributed by atoms with Crippen molar-refractivity contribution in [2.24, 2.45) is 0 Å². The maximum absolute atomic E-state index is 14.9. The molecule has 134 valence electrons. The van der Waals surface area contributed by atoms with E-state index in [4.69, 9.17) is 5.26 Å². The Morgan fingerprint density at radius 2 is 1.96 bits per heavy atom. The number of fused-ring (bicyclic) bond motifs is 1. The lowest BCUT2D eigenvalue weighted by atomic mass is 9.78. The Morgan fingerprint density at radius 1 is 1.19 bits per heavy atom. The molecular weight excluding hydrogens is 341 g/mol. The van der Waals surface area contributed by atoms with Crippen LogP contribution in [0.25, 0.3) is 10.9 Å². The fourth-order valence-corrected chi connectivity index (χ4v) is 3.31. The first-order valence-electron chi connectivity index (χ1n) is 8.66. The minimum Gasteiger partial charge on any atom is -0.322 e. The molecule has 0 amide bonds. The molecule has 0 bridgehead atoms. The lowest BCUT2D eigenvalue weighted by Crippen LogP contribution is -2.25. The number of aromatic amines is 1. The molecule has 27 heavy (non-hydrogen) atoms. The Morgan fingerprint density at radius 3 is 2.63 bits per heavy atom. The molecule has 1 aromatic heterocycles. The van der Waals surface area contributed by atoms with Crippen molar-refractivity contribution in [3.63, 3.8) is 0 Å². The van der Waals surface area contributed by atoms with Gasteiger partial charge in [-0.2, -0.15) is 10.5 Å². The number of nitriles is 2. The summed E-state index contributed by atoms with van der Waals surface area (Å²) in [5, 5.41) is 19.5. The second kappa shape index (κ2) is 7.05. The van der Waals surface area contributed by atoms with Crippen LogP contribution >= 0.6 is 0 Å². The fourth-order valence-electron chi connectivity index (χ4n) is 3.31. The van der Waals surface area contributed by atoms with Crippen LogP contribution in [0.3, 0.4) is 0 Å². The second-order valence-corrected chi connectivity index (χ2v) is 6.83. The number of rotatable bonds is 4. The predicted molar refractivity (Wildman–Crippen MR) is 102 cm³/mol. The van der Waals surface area contributed by atoms with Crippen molar-refractivity contribution in [3.05, 3.63) is 80.9 Å². The normalized spacial score (nSPS) is 12.9. The van der Waals surface area contributed by atoms with E-state index in [9.17, 15) is 14.4 Å². The molecule has 0 fully saturated rings. The number of aromatic nitrogens is 1. The molecule has 0 radical (unpaired) electrons. The Kier molecular flexibility index (Phi) is 4.79. The van der Waals surface area contributed by atoms with Crippen molar-refractivity contribution >= 4 is 10.9 Å². The number of pyridine rings is 1. The zero-order valence-corrected chi connectivity index (χ0v) is 15.1. The van der Waals surface area contributed by atoms with Crippen LogP contribution in [0.5, 0.6) is 0 Å². The molecule has 3 aromatic rings. The van der Waals surface area contributed by atoms with Gasteiger partial charge in [0.2, 0.25) is 0 Å². The summed E-state index contributed by atoms with van der Waals surface area (Å²) in [6.45, 7) is 3.53. The van der Waals surface area contributed by atoms with Crippen LogP contribution < -0.4 is 5.56 Å². The summed E-state index contributed by atoms with van der Waals surface area (Å²) in [5.41, 5.74) is 1.22. The van der Waals surface area contributed by atoms with E-state index in [1.54, 1.807) is 37.3 Å². The summed E-state index contributed by atoms with van der Waals surface area (Å²) >= 11 is 0. The van der Waals surface area contributed by atoms with Crippen molar-refractivity contribution in [3.8, 4) is 12.1 Å². The van der Waals surface area contributed by atoms with Crippen molar-refractivity contribution in [2.75, 3.05) is 0 Å². The number of aryl methyl sites for hydroxylation is 1. The minimum absolute atomic E-state index is 0.206. The topological polar surface area (TPSA) is 80.4 Å². The van der Waals surface area contributed by atoms with Gasteiger partial charge in [0.15, 0.2) is 0 Å². The highest BCUT2D eigenvalue weighted by Crippen LogP contribution is 2.32. The molecule has 1 unspecified atom stereocenters. The number of hydrogen-bond acceptors (Lipinski definition) is 3. The van der Waals surface area contributed by atoms with Gasteiger partial charge in [-0.15, -0.1) is 0 Å². The Balaban J connectivity index is 2.12. The van der Waals surface area contributed by atoms with E-state index in [1.807, 2.05) is 13.0 Å². The average molecular weight is 359 g/mol.